The van der Waals surface area contributed by atoms with E-state index in [1.54, 1.807) is 0 Å². The number of nitrogens with zero attached hydrogens (tertiary/aromatic N) is 3. The Labute approximate surface area is 150 Å². The van der Waals surface area contributed by atoms with E-state index in [1.165, 1.54) is 4.90 Å². The average Bonchev–Trinajstić information content (AvgIpc) is 2.82. The zero-order valence-corrected chi connectivity index (χ0v) is 15.5. The molecule has 1 aliphatic heterocycles. The van der Waals surface area contributed by atoms with Gasteiger partial charge in [-0.2, -0.15) is 10.5 Å². The largest absolute Gasteiger partial charge is 0.325 e. The third-order valence-electron chi connectivity index (χ3n) is 6.29. The molecule has 1 heterocycles. The molecule has 0 unspecified atom stereocenters. The van der Waals surface area contributed by atoms with Crippen molar-refractivity contribution in [2.75, 3.05) is 6.54 Å². The summed E-state index contributed by atoms with van der Waals surface area (Å²) in [5, 5.41) is 20.8. The number of carbonyl (C=O) groups excluding carboxylic acids is 2. The normalized spacial score (nSPS) is 27.7. The van der Waals surface area contributed by atoms with E-state index < -0.39 is 17.5 Å². The Kier molecular flexibility index (Phi) is 5.72. The molecular formula is C19H28N4O2. The maximum atomic E-state index is 12.9. The van der Waals surface area contributed by atoms with Crippen LogP contribution in [0.1, 0.15) is 65.7 Å². The highest BCUT2D eigenvalue weighted by Crippen LogP contribution is 2.45. The van der Waals surface area contributed by atoms with Gasteiger partial charge in [-0.1, -0.05) is 27.2 Å². The van der Waals surface area contributed by atoms with Crippen molar-refractivity contribution in [1.29, 1.82) is 10.5 Å². The molecule has 1 N–H and O–H groups in total. The van der Waals surface area contributed by atoms with Gasteiger partial charge in [-0.15, -0.1) is 0 Å². The van der Waals surface area contributed by atoms with Crippen LogP contribution in [0, 0.1) is 39.9 Å². The van der Waals surface area contributed by atoms with Crippen molar-refractivity contribution < 1.29 is 9.59 Å². The molecule has 1 atom stereocenters. The Balaban J connectivity index is 2.04. The van der Waals surface area contributed by atoms with Crippen molar-refractivity contribution >= 4 is 11.9 Å². The molecule has 1 saturated heterocycles. The molecular weight excluding hydrogens is 316 g/mol. The number of nitriles is 2. The molecule has 2 aliphatic rings. The maximum absolute atomic E-state index is 12.9. The van der Waals surface area contributed by atoms with Crippen LogP contribution in [0.2, 0.25) is 0 Å². The Morgan fingerprint density at radius 2 is 1.96 bits per heavy atom. The molecule has 0 radical (unpaired) electrons. The average molecular weight is 344 g/mol. The van der Waals surface area contributed by atoms with E-state index >= 15 is 0 Å². The fourth-order valence-corrected chi connectivity index (χ4v) is 4.02. The number of imide groups is 1. The van der Waals surface area contributed by atoms with E-state index in [0.717, 1.165) is 19.3 Å². The van der Waals surface area contributed by atoms with Crippen LogP contribution in [-0.4, -0.2) is 28.9 Å². The molecule has 1 aliphatic carbocycles. The molecule has 6 nitrogen and oxygen atoms in total. The molecule has 1 spiro atoms. The molecule has 2 fully saturated rings. The van der Waals surface area contributed by atoms with Gasteiger partial charge in [-0.05, 0) is 43.4 Å². The molecule has 0 aromatic heterocycles. The quantitative estimate of drug-likeness (QED) is 0.747. The van der Waals surface area contributed by atoms with Crippen LogP contribution in [0.25, 0.3) is 0 Å². The molecule has 6 heteroatoms. The van der Waals surface area contributed by atoms with Gasteiger partial charge in [0.2, 0.25) is 0 Å². The van der Waals surface area contributed by atoms with Crippen molar-refractivity contribution in [2.45, 2.75) is 71.3 Å². The number of hydrogen-bond acceptors (Lipinski definition) is 4. The van der Waals surface area contributed by atoms with E-state index in [9.17, 15) is 14.9 Å². The first kappa shape index (κ1) is 19.2. The molecule has 0 aromatic rings. The SMILES string of the molecule is CCC(C)(C)C1CCC2(CC1)NC(=O)N(C[C@H](C#N)CCC#N)C2=O. The summed E-state index contributed by atoms with van der Waals surface area (Å²) in [6, 6.07) is 3.72. The van der Waals surface area contributed by atoms with Gasteiger partial charge >= 0.3 is 6.03 Å². The molecule has 2 rings (SSSR count). The van der Waals surface area contributed by atoms with Crippen LogP contribution in [0.5, 0.6) is 0 Å². The van der Waals surface area contributed by atoms with Crippen molar-refractivity contribution in [3.63, 3.8) is 0 Å². The molecule has 1 saturated carbocycles. The number of nitrogens with one attached hydrogen (secondary N) is 1. The number of rotatable bonds is 6. The number of amides is 3. The minimum Gasteiger partial charge on any atom is -0.323 e. The number of urea groups is 1. The van der Waals surface area contributed by atoms with Gasteiger partial charge in [-0.25, -0.2) is 4.79 Å². The second-order valence-corrected chi connectivity index (χ2v) is 8.07. The van der Waals surface area contributed by atoms with Crippen molar-refractivity contribution in [3.05, 3.63) is 0 Å². The Morgan fingerprint density at radius 3 is 2.48 bits per heavy atom. The first-order valence-electron chi connectivity index (χ1n) is 9.20. The first-order valence-corrected chi connectivity index (χ1v) is 9.20. The van der Waals surface area contributed by atoms with E-state index in [-0.39, 0.29) is 24.3 Å². The van der Waals surface area contributed by atoms with Crippen LogP contribution in [0.3, 0.4) is 0 Å². The third-order valence-corrected chi connectivity index (χ3v) is 6.29. The van der Waals surface area contributed by atoms with Gasteiger partial charge in [0.1, 0.15) is 5.54 Å². The van der Waals surface area contributed by atoms with Crippen LogP contribution < -0.4 is 5.32 Å². The molecule has 0 bridgehead atoms. The molecule has 3 amide bonds. The van der Waals surface area contributed by atoms with Crippen LogP contribution in [0.4, 0.5) is 4.79 Å². The number of carbonyl (C=O) groups is 2. The summed E-state index contributed by atoms with van der Waals surface area (Å²) < 4.78 is 0. The van der Waals surface area contributed by atoms with Gasteiger partial charge in [-0.3, -0.25) is 9.69 Å². The van der Waals surface area contributed by atoms with Crippen molar-refractivity contribution in [2.24, 2.45) is 17.3 Å². The lowest BCUT2D eigenvalue weighted by Crippen LogP contribution is -2.51. The standard InChI is InChI=1S/C19H28N4O2/c1-4-18(2,3)15-7-9-19(10-8-15)16(24)23(17(25)22-19)13-14(12-21)6-5-11-20/h14-15H,4-10,13H2,1-3H3,(H,22,25)/t14-,15?,19?/m0/s1. The number of hydrogen-bond donors (Lipinski definition) is 1. The van der Waals surface area contributed by atoms with E-state index in [1.807, 2.05) is 6.07 Å². The summed E-state index contributed by atoms with van der Waals surface area (Å²) in [5.41, 5.74) is -0.539. The highest BCUT2D eigenvalue weighted by molar-refractivity contribution is 6.07. The summed E-state index contributed by atoms with van der Waals surface area (Å²) in [6.07, 6.45) is 4.91. The van der Waals surface area contributed by atoms with Crippen LogP contribution in [0.15, 0.2) is 0 Å². The predicted octanol–water partition coefficient (Wildman–Crippen LogP) is 3.35. The second kappa shape index (κ2) is 7.44. The second-order valence-electron chi connectivity index (χ2n) is 8.07. The lowest BCUT2D eigenvalue weighted by Gasteiger charge is -2.42. The fourth-order valence-electron chi connectivity index (χ4n) is 4.02. The van der Waals surface area contributed by atoms with E-state index in [4.69, 9.17) is 5.26 Å². The lowest BCUT2D eigenvalue weighted by atomic mass is 9.65. The van der Waals surface area contributed by atoms with Gasteiger partial charge in [0.05, 0.1) is 18.1 Å². The summed E-state index contributed by atoms with van der Waals surface area (Å²) in [6.45, 7) is 6.81. The van der Waals surface area contributed by atoms with E-state index in [0.29, 0.717) is 25.2 Å². The summed E-state index contributed by atoms with van der Waals surface area (Å²) in [5.74, 6) is -0.119. The zero-order chi connectivity index (χ0) is 18.7. The molecule has 0 aromatic carbocycles. The highest BCUT2D eigenvalue weighted by atomic mass is 16.2. The monoisotopic (exact) mass is 344 g/mol. The predicted molar refractivity (Wildman–Crippen MR) is 93.0 cm³/mol. The first-order chi connectivity index (χ1) is 11.8. The lowest BCUT2D eigenvalue weighted by molar-refractivity contribution is -0.133. The topological polar surface area (TPSA) is 97.0 Å². The Bertz CT molecular complexity index is 606. The van der Waals surface area contributed by atoms with Crippen LogP contribution in [-0.2, 0) is 4.79 Å². The smallest absolute Gasteiger partial charge is 0.323 e. The Morgan fingerprint density at radius 1 is 1.32 bits per heavy atom. The van der Waals surface area contributed by atoms with Crippen molar-refractivity contribution in [3.8, 4) is 12.1 Å². The summed E-state index contributed by atoms with van der Waals surface area (Å²) >= 11 is 0. The summed E-state index contributed by atoms with van der Waals surface area (Å²) in [4.78, 5) is 26.4. The van der Waals surface area contributed by atoms with Gasteiger partial charge in [0.25, 0.3) is 5.91 Å². The summed E-state index contributed by atoms with van der Waals surface area (Å²) in [7, 11) is 0. The Hall–Kier alpha value is -2.08. The van der Waals surface area contributed by atoms with Gasteiger partial charge in [0.15, 0.2) is 0 Å². The zero-order valence-electron chi connectivity index (χ0n) is 15.5. The van der Waals surface area contributed by atoms with E-state index in [2.05, 4.69) is 32.2 Å². The van der Waals surface area contributed by atoms with Crippen molar-refractivity contribution in [1.82, 2.24) is 10.2 Å². The van der Waals surface area contributed by atoms with Gasteiger partial charge < -0.3 is 5.32 Å². The third kappa shape index (κ3) is 3.79. The maximum Gasteiger partial charge on any atom is 0.325 e. The highest BCUT2D eigenvalue weighted by Gasteiger charge is 2.53. The minimum atomic E-state index is -0.785. The van der Waals surface area contributed by atoms with Crippen LogP contribution >= 0.6 is 0 Å². The van der Waals surface area contributed by atoms with Gasteiger partial charge in [0, 0.05) is 13.0 Å². The minimum absolute atomic E-state index is 0.0779. The molecule has 25 heavy (non-hydrogen) atoms. The fraction of sp³-hybridized carbons (Fsp3) is 0.789. The molecule has 136 valence electrons.